The molecule has 10 nitrogen and oxygen atoms in total. The average Bonchev–Trinajstić information content (AvgIpc) is 4.02. The standard InChI is InChI=1S/C23H20ClFN2O3S2.C23H21FN2O3S2/c24-21-14-19(25)9-6-18(21)15-26-22(28)23-27(12-13-31-23)32(29,30)20-10-7-17(8-11-20)16-4-2-1-3-5-16;24-21-9-5-4-8-19(21)16-25-22(27)23-26(14-15-30-23)31(28,29)20-12-10-18(11-13-20)17-6-2-1-3-7-17/h1-11,14,23H,12-13,15H2,(H,26,28);1-13,23H,14-16H2,(H,25,27). The van der Waals surface area contributed by atoms with Crippen LogP contribution in [0.5, 0.6) is 0 Å². The molecule has 0 spiro atoms. The zero-order chi connectivity index (χ0) is 44.6. The third-order valence-electron chi connectivity index (χ3n) is 10.2. The molecule has 2 fully saturated rings. The summed E-state index contributed by atoms with van der Waals surface area (Å²) in [6, 6.07) is 42.7. The molecule has 326 valence electrons. The number of hydrogen-bond donors (Lipinski definition) is 2. The van der Waals surface area contributed by atoms with Crippen LogP contribution < -0.4 is 10.6 Å². The van der Waals surface area contributed by atoms with Gasteiger partial charge in [0, 0.05) is 48.3 Å². The quantitative estimate of drug-likeness (QED) is 0.125. The number of carbonyl (C=O) groups is 2. The third kappa shape index (κ3) is 11.0. The Balaban J connectivity index is 0.000000189. The van der Waals surface area contributed by atoms with Crippen LogP contribution in [-0.2, 0) is 42.7 Å². The van der Waals surface area contributed by atoms with Gasteiger partial charge < -0.3 is 10.6 Å². The topological polar surface area (TPSA) is 133 Å². The molecule has 0 aromatic heterocycles. The van der Waals surface area contributed by atoms with Gasteiger partial charge in [-0.05, 0) is 70.3 Å². The Bertz CT molecular complexity index is 2770. The van der Waals surface area contributed by atoms with Gasteiger partial charge in [0.05, 0.1) is 9.79 Å². The van der Waals surface area contributed by atoms with E-state index in [2.05, 4.69) is 10.6 Å². The second-order valence-corrected chi connectivity index (χ2v) is 20.8. The fraction of sp³-hybridized carbons (Fsp3) is 0.174. The van der Waals surface area contributed by atoms with E-state index in [0.29, 0.717) is 22.6 Å². The summed E-state index contributed by atoms with van der Waals surface area (Å²) in [5, 5.41) is 3.81. The van der Waals surface area contributed by atoms with E-state index in [1.54, 1.807) is 66.7 Å². The molecule has 0 aliphatic carbocycles. The summed E-state index contributed by atoms with van der Waals surface area (Å²) in [6.45, 7) is 0.560. The van der Waals surface area contributed by atoms with Crippen molar-refractivity contribution in [1.29, 1.82) is 0 Å². The van der Waals surface area contributed by atoms with Crippen molar-refractivity contribution >= 4 is 67.0 Å². The number of hydrogen-bond acceptors (Lipinski definition) is 8. The van der Waals surface area contributed by atoms with Crippen LogP contribution in [0.15, 0.2) is 161 Å². The maximum absolute atomic E-state index is 13.8. The van der Waals surface area contributed by atoms with Gasteiger partial charge in [-0.1, -0.05) is 121 Å². The van der Waals surface area contributed by atoms with Gasteiger partial charge in [-0.2, -0.15) is 8.61 Å². The number of nitrogens with zero attached hydrogens (tertiary/aromatic N) is 2. The van der Waals surface area contributed by atoms with Crippen LogP contribution in [0.25, 0.3) is 22.3 Å². The van der Waals surface area contributed by atoms with Crippen molar-refractivity contribution in [2.24, 2.45) is 0 Å². The predicted molar refractivity (Wildman–Crippen MR) is 246 cm³/mol. The molecule has 2 heterocycles. The van der Waals surface area contributed by atoms with Crippen molar-refractivity contribution in [2.45, 2.75) is 33.6 Å². The molecule has 2 unspecified atom stereocenters. The van der Waals surface area contributed by atoms with Gasteiger partial charge in [0.25, 0.3) is 0 Å². The lowest BCUT2D eigenvalue weighted by molar-refractivity contribution is -0.123. The minimum Gasteiger partial charge on any atom is -0.350 e. The van der Waals surface area contributed by atoms with E-state index in [0.717, 1.165) is 22.3 Å². The van der Waals surface area contributed by atoms with E-state index >= 15 is 0 Å². The van der Waals surface area contributed by atoms with E-state index in [1.807, 2.05) is 60.7 Å². The maximum atomic E-state index is 13.8. The fourth-order valence-corrected chi connectivity index (χ4v) is 13.3. The summed E-state index contributed by atoms with van der Waals surface area (Å²) in [4.78, 5) is 25.7. The summed E-state index contributed by atoms with van der Waals surface area (Å²) >= 11 is 8.53. The Kier molecular flexibility index (Phi) is 15.0. The van der Waals surface area contributed by atoms with E-state index in [9.17, 15) is 35.2 Å². The molecule has 0 bridgehead atoms. The van der Waals surface area contributed by atoms with Crippen LogP contribution in [0.4, 0.5) is 8.78 Å². The van der Waals surface area contributed by atoms with Crippen LogP contribution in [-0.4, -0.2) is 72.6 Å². The monoisotopic (exact) mass is 946 g/mol. The Morgan fingerprint density at radius 1 is 0.556 bits per heavy atom. The van der Waals surface area contributed by atoms with Crippen molar-refractivity contribution in [3.8, 4) is 22.3 Å². The fourth-order valence-electron chi connectivity index (χ4n) is 6.83. The second-order valence-electron chi connectivity index (χ2n) is 14.2. The normalized spacial score (nSPS) is 16.8. The third-order valence-corrected chi connectivity index (χ3v) is 16.9. The van der Waals surface area contributed by atoms with Crippen LogP contribution >= 0.6 is 35.1 Å². The molecule has 2 atom stereocenters. The summed E-state index contributed by atoms with van der Waals surface area (Å²) in [6.07, 6.45) is 0. The minimum atomic E-state index is -3.85. The molecule has 0 radical (unpaired) electrons. The molecule has 8 rings (SSSR count). The number of benzene rings is 6. The second kappa shape index (κ2) is 20.6. The molecule has 2 amide bonds. The smallest absolute Gasteiger partial charge is 0.249 e. The highest BCUT2D eigenvalue weighted by Gasteiger charge is 2.41. The number of carbonyl (C=O) groups excluding carboxylic acids is 2. The molecular formula is C46H41ClF2N4O6S4. The van der Waals surface area contributed by atoms with Crippen molar-refractivity contribution in [3.05, 3.63) is 179 Å². The molecule has 63 heavy (non-hydrogen) atoms. The zero-order valence-electron chi connectivity index (χ0n) is 33.4. The van der Waals surface area contributed by atoms with Gasteiger partial charge in [-0.15, -0.1) is 23.5 Å². The molecule has 2 aliphatic rings. The number of halogens is 3. The van der Waals surface area contributed by atoms with Gasteiger partial charge in [-0.25, -0.2) is 25.6 Å². The molecule has 6 aromatic carbocycles. The van der Waals surface area contributed by atoms with Gasteiger partial charge in [0.1, 0.15) is 22.4 Å². The van der Waals surface area contributed by atoms with Crippen LogP contribution in [0.3, 0.4) is 0 Å². The first-order chi connectivity index (χ1) is 30.3. The van der Waals surface area contributed by atoms with E-state index in [1.165, 1.54) is 56.4 Å². The highest BCUT2D eigenvalue weighted by molar-refractivity contribution is 8.02. The summed E-state index contributed by atoms with van der Waals surface area (Å²) in [7, 11) is -7.70. The molecular weight excluding hydrogens is 906 g/mol. The van der Waals surface area contributed by atoms with Crippen molar-refractivity contribution < 1.29 is 35.2 Å². The van der Waals surface area contributed by atoms with Crippen molar-refractivity contribution in [2.75, 3.05) is 24.6 Å². The van der Waals surface area contributed by atoms with Gasteiger partial charge in [-0.3, -0.25) is 9.59 Å². The van der Waals surface area contributed by atoms with Crippen LogP contribution in [0.2, 0.25) is 5.02 Å². The van der Waals surface area contributed by atoms with Crippen molar-refractivity contribution in [3.63, 3.8) is 0 Å². The molecule has 0 saturated carbocycles. The number of nitrogens with one attached hydrogen (secondary N) is 2. The molecule has 2 aliphatic heterocycles. The molecule has 17 heteroatoms. The summed E-state index contributed by atoms with van der Waals surface area (Å²) in [5.74, 6) is -0.736. The lowest BCUT2D eigenvalue weighted by Gasteiger charge is -2.23. The molecule has 2 saturated heterocycles. The SMILES string of the molecule is O=C(NCc1ccc(F)cc1Cl)C1SCCN1S(=O)(=O)c1ccc(-c2ccccc2)cc1.O=C(NCc1ccccc1F)C1SCCN1S(=O)(=O)c1ccc(-c2ccccc2)cc1. The summed E-state index contributed by atoms with van der Waals surface area (Å²) < 4.78 is 82.3. The maximum Gasteiger partial charge on any atom is 0.249 e. The Morgan fingerprint density at radius 3 is 1.41 bits per heavy atom. The number of rotatable bonds is 12. The zero-order valence-corrected chi connectivity index (χ0v) is 37.5. The van der Waals surface area contributed by atoms with Gasteiger partial charge >= 0.3 is 0 Å². The van der Waals surface area contributed by atoms with E-state index in [-0.39, 0.29) is 41.0 Å². The highest BCUT2D eigenvalue weighted by Crippen LogP contribution is 2.33. The Hall–Kier alpha value is -5.07. The largest absolute Gasteiger partial charge is 0.350 e. The van der Waals surface area contributed by atoms with Crippen LogP contribution in [0, 0.1) is 11.6 Å². The van der Waals surface area contributed by atoms with Crippen molar-refractivity contribution in [1.82, 2.24) is 19.2 Å². The van der Waals surface area contributed by atoms with Gasteiger partial charge in [0.15, 0.2) is 0 Å². The Labute approximate surface area is 379 Å². The Morgan fingerprint density at radius 2 is 0.968 bits per heavy atom. The number of thioether (sulfide) groups is 2. The predicted octanol–water partition coefficient (Wildman–Crippen LogP) is 8.40. The van der Waals surface area contributed by atoms with Crippen LogP contribution in [0.1, 0.15) is 11.1 Å². The lowest BCUT2D eigenvalue weighted by atomic mass is 10.1. The lowest BCUT2D eigenvalue weighted by Crippen LogP contribution is -2.44. The average molecular weight is 948 g/mol. The first-order valence-electron chi connectivity index (χ1n) is 19.6. The number of amides is 2. The number of sulfonamides is 2. The van der Waals surface area contributed by atoms with E-state index in [4.69, 9.17) is 11.6 Å². The molecule has 6 aromatic rings. The first-order valence-corrected chi connectivity index (χ1v) is 25.0. The molecule has 2 N–H and O–H groups in total. The first kappa shape index (κ1) is 45.9. The highest BCUT2D eigenvalue weighted by atomic mass is 35.5. The van der Waals surface area contributed by atoms with E-state index < -0.39 is 54.2 Å². The minimum absolute atomic E-state index is 0.00221. The van der Waals surface area contributed by atoms with Gasteiger partial charge in [0.2, 0.25) is 31.9 Å². The summed E-state index contributed by atoms with van der Waals surface area (Å²) in [5.41, 5.74) is 4.71.